The third-order valence-electron chi connectivity index (χ3n) is 6.00. The Bertz CT molecular complexity index is 732. The van der Waals surface area contributed by atoms with Crippen LogP contribution in [0, 0.1) is 0 Å². The second-order valence-corrected chi connectivity index (χ2v) is 7.65. The predicted octanol–water partition coefficient (Wildman–Crippen LogP) is 3.74. The second-order valence-electron chi connectivity index (χ2n) is 7.65. The monoisotopic (exact) mass is 437 g/mol. The summed E-state index contributed by atoms with van der Waals surface area (Å²) in [6.45, 7) is 1.58. The molecule has 2 aromatic rings. The van der Waals surface area contributed by atoms with Gasteiger partial charge < -0.3 is 10.2 Å². The normalized spacial score (nSPS) is 16.5. The number of nitrogens with zero attached hydrogens (tertiary/aromatic N) is 2. The zero-order valence-electron chi connectivity index (χ0n) is 17.5. The van der Waals surface area contributed by atoms with Gasteiger partial charge in [-0.25, -0.2) is 0 Å². The fraction of sp³-hybridized carbons (Fsp3) is 0.435. The van der Waals surface area contributed by atoms with E-state index in [-0.39, 0.29) is 42.3 Å². The molecule has 1 aliphatic heterocycles. The number of carbonyl (C=O) groups excluding carboxylic acids is 1. The lowest BCUT2D eigenvalue weighted by Gasteiger charge is -2.47. The van der Waals surface area contributed by atoms with E-state index in [4.69, 9.17) is 0 Å². The zero-order chi connectivity index (χ0) is 19.3. The average molecular weight is 438 g/mol. The maximum absolute atomic E-state index is 13.1. The minimum Gasteiger partial charge on any atom is -0.341 e. The van der Waals surface area contributed by atoms with Gasteiger partial charge in [0.15, 0.2) is 0 Å². The highest BCUT2D eigenvalue weighted by Crippen LogP contribution is 2.37. The van der Waals surface area contributed by atoms with Crippen LogP contribution in [0.2, 0.25) is 0 Å². The molecule has 1 aliphatic rings. The quantitative estimate of drug-likeness (QED) is 0.747. The fourth-order valence-corrected chi connectivity index (χ4v) is 4.22. The average Bonchev–Trinajstić information content (AvgIpc) is 2.73. The largest absolute Gasteiger partial charge is 0.341 e. The molecule has 0 spiro atoms. The molecule has 2 aromatic carbocycles. The Balaban J connectivity index is 0.00000210. The van der Waals surface area contributed by atoms with Crippen LogP contribution in [0.4, 0.5) is 0 Å². The molecule has 29 heavy (non-hydrogen) atoms. The molecule has 0 radical (unpaired) electrons. The van der Waals surface area contributed by atoms with Crippen molar-refractivity contribution in [1.29, 1.82) is 0 Å². The molecule has 1 amide bonds. The Hall–Kier alpha value is -1.59. The lowest BCUT2D eigenvalue weighted by molar-refractivity contribution is -0.136. The molecule has 1 N–H and O–H groups in total. The maximum atomic E-state index is 13.1. The first-order valence-electron chi connectivity index (χ1n) is 9.80. The number of hydrogen-bond donors (Lipinski definition) is 1. The summed E-state index contributed by atoms with van der Waals surface area (Å²) in [6, 6.07) is 20.8. The smallest absolute Gasteiger partial charge is 0.240 e. The van der Waals surface area contributed by atoms with E-state index >= 15 is 0 Å². The Labute approximate surface area is 187 Å². The Morgan fingerprint density at radius 1 is 1.00 bits per heavy atom. The highest BCUT2D eigenvalue weighted by molar-refractivity contribution is 5.85. The van der Waals surface area contributed by atoms with Crippen LogP contribution in [-0.4, -0.2) is 56.0 Å². The van der Waals surface area contributed by atoms with Gasteiger partial charge in [-0.15, -0.1) is 24.8 Å². The number of amides is 1. The van der Waals surface area contributed by atoms with Gasteiger partial charge in [0.2, 0.25) is 5.91 Å². The zero-order valence-corrected chi connectivity index (χ0v) is 19.1. The van der Waals surface area contributed by atoms with Crippen LogP contribution < -0.4 is 5.32 Å². The number of likely N-dealkylation sites (tertiary alicyclic amines) is 1. The Morgan fingerprint density at radius 2 is 1.52 bits per heavy atom. The standard InChI is InChI=1S/C23H31N3O.2ClH/c1-24-21(18-19-10-6-4-7-11-19)22(27)26-16-14-23(15-17-26,25(2)3)20-12-8-5-9-13-20;;/h4-13,21,24H,14-18H2,1-3H3;2*1H. The van der Waals surface area contributed by atoms with Gasteiger partial charge in [-0.2, -0.15) is 0 Å². The first-order chi connectivity index (χ1) is 13.1. The number of carbonyl (C=O) groups is 1. The summed E-state index contributed by atoms with van der Waals surface area (Å²) in [6.07, 6.45) is 2.64. The van der Waals surface area contributed by atoms with Crippen molar-refractivity contribution in [2.75, 3.05) is 34.2 Å². The van der Waals surface area contributed by atoms with Gasteiger partial charge >= 0.3 is 0 Å². The van der Waals surface area contributed by atoms with E-state index in [0.29, 0.717) is 0 Å². The SMILES string of the molecule is CNC(Cc1ccccc1)C(=O)N1CCC(c2ccccc2)(N(C)C)CC1.Cl.Cl. The van der Waals surface area contributed by atoms with E-state index in [9.17, 15) is 4.79 Å². The third kappa shape index (κ3) is 5.73. The highest BCUT2D eigenvalue weighted by atomic mass is 35.5. The van der Waals surface area contributed by atoms with Crippen LogP contribution in [0.25, 0.3) is 0 Å². The molecule has 0 saturated carbocycles. The maximum Gasteiger partial charge on any atom is 0.240 e. The van der Waals surface area contributed by atoms with Crippen molar-refractivity contribution in [3.05, 3.63) is 71.8 Å². The van der Waals surface area contributed by atoms with Crippen molar-refractivity contribution in [3.8, 4) is 0 Å². The van der Waals surface area contributed by atoms with Crippen molar-refractivity contribution < 1.29 is 4.79 Å². The van der Waals surface area contributed by atoms with Gasteiger partial charge in [0.1, 0.15) is 0 Å². The van der Waals surface area contributed by atoms with Gasteiger partial charge in [-0.05, 0) is 51.5 Å². The topological polar surface area (TPSA) is 35.6 Å². The number of nitrogens with one attached hydrogen (secondary N) is 1. The van der Waals surface area contributed by atoms with Crippen LogP contribution in [-0.2, 0) is 16.8 Å². The minimum atomic E-state index is -0.170. The Kier molecular flexibility index (Phi) is 10.1. The van der Waals surface area contributed by atoms with E-state index in [0.717, 1.165) is 32.4 Å². The van der Waals surface area contributed by atoms with Gasteiger partial charge in [0.25, 0.3) is 0 Å². The highest BCUT2D eigenvalue weighted by Gasteiger charge is 2.40. The third-order valence-corrected chi connectivity index (χ3v) is 6.00. The van der Waals surface area contributed by atoms with E-state index in [1.165, 1.54) is 11.1 Å². The molecule has 1 atom stereocenters. The molecule has 1 saturated heterocycles. The molecular weight excluding hydrogens is 405 g/mol. The second kappa shape index (κ2) is 11.6. The predicted molar refractivity (Wildman–Crippen MR) is 125 cm³/mol. The molecule has 1 heterocycles. The van der Waals surface area contributed by atoms with E-state index in [1.807, 2.05) is 30.1 Å². The van der Waals surface area contributed by atoms with Crippen molar-refractivity contribution >= 4 is 30.7 Å². The van der Waals surface area contributed by atoms with Crippen molar-refractivity contribution in [2.45, 2.75) is 30.8 Å². The fourth-order valence-electron chi connectivity index (χ4n) is 4.22. The molecule has 1 unspecified atom stereocenters. The number of benzene rings is 2. The molecule has 160 valence electrons. The first-order valence-corrected chi connectivity index (χ1v) is 9.80. The molecule has 3 rings (SSSR count). The van der Waals surface area contributed by atoms with Crippen LogP contribution in [0.15, 0.2) is 60.7 Å². The van der Waals surface area contributed by atoms with E-state index in [2.05, 4.69) is 66.8 Å². The van der Waals surface area contributed by atoms with E-state index in [1.54, 1.807) is 0 Å². The molecular formula is C23H33Cl2N3O. The summed E-state index contributed by atoms with van der Waals surface area (Å²) in [5.74, 6) is 0.210. The Morgan fingerprint density at radius 3 is 2.00 bits per heavy atom. The first kappa shape index (κ1) is 25.4. The summed E-state index contributed by atoms with van der Waals surface area (Å²) in [5, 5.41) is 3.22. The van der Waals surface area contributed by atoms with Crippen molar-refractivity contribution in [1.82, 2.24) is 15.1 Å². The van der Waals surface area contributed by atoms with Gasteiger partial charge in [-0.1, -0.05) is 60.7 Å². The lowest BCUT2D eigenvalue weighted by atomic mass is 9.79. The van der Waals surface area contributed by atoms with Crippen LogP contribution >= 0.6 is 24.8 Å². The molecule has 0 bridgehead atoms. The van der Waals surface area contributed by atoms with Crippen LogP contribution in [0.5, 0.6) is 0 Å². The number of likely N-dealkylation sites (N-methyl/N-ethyl adjacent to an activating group) is 1. The summed E-state index contributed by atoms with van der Waals surface area (Å²) in [4.78, 5) is 17.5. The van der Waals surface area contributed by atoms with Gasteiger partial charge in [0, 0.05) is 18.6 Å². The number of hydrogen-bond acceptors (Lipinski definition) is 3. The summed E-state index contributed by atoms with van der Waals surface area (Å²) < 4.78 is 0. The summed E-state index contributed by atoms with van der Waals surface area (Å²) in [5.41, 5.74) is 2.54. The molecule has 0 aliphatic carbocycles. The summed E-state index contributed by atoms with van der Waals surface area (Å²) in [7, 11) is 6.18. The number of halogens is 2. The van der Waals surface area contributed by atoms with Crippen LogP contribution in [0.1, 0.15) is 24.0 Å². The van der Waals surface area contributed by atoms with Crippen molar-refractivity contribution in [3.63, 3.8) is 0 Å². The molecule has 6 heteroatoms. The lowest BCUT2D eigenvalue weighted by Crippen LogP contribution is -2.55. The molecule has 4 nitrogen and oxygen atoms in total. The molecule has 1 fully saturated rings. The van der Waals surface area contributed by atoms with E-state index < -0.39 is 0 Å². The molecule has 0 aromatic heterocycles. The minimum absolute atomic E-state index is 0. The van der Waals surface area contributed by atoms with Crippen molar-refractivity contribution in [2.24, 2.45) is 0 Å². The summed E-state index contributed by atoms with van der Waals surface area (Å²) >= 11 is 0. The number of rotatable bonds is 6. The van der Waals surface area contributed by atoms with Gasteiger partial charge in [-0.3, -0.25) is 9.69 Å². The van der Waals surface area contributed by atoms with Gasteiger partial charge in [0.05, 0.1) is 6.04 Å². The number of piperidine rings is 1. The van der Waals surface area contributed by atoms with Crippen LogP contribution in [0.3, 0.4) is 0 Å².